The maximum Gasteiger partial charge on any atom is 0.129 e. The number of ether oxygens (including phenoxy) is 3. The maximum atomic E-state index is 10.1. The molecule has 1 saturated heterocycles. The van der Waals surface area contributed by atoms with Gasteiger partial charge in [-0.2, -0.15) is 0 Å². The van der Waals surface area contributed by atoms with Crippen molar-refractivity contribution in [3.05, 3.63) is 23.8 Å². The van der Waals surface area contributed by atoms with Crippen molar-refractivity contribution in [2.45, 2.75) is 44.5 Å². The van der Waals surface area contributed by atoms with E-state index in [1.165, 1.54) is 0 Å². The van der Waals surface area contributed by atoms with E-state index >= 15 is 0 Å². The number of rotatable bonds is 2. The highest BCUT2D eigenvalue weighted by Gasteiger charge is 2.33. The van der Waals surface area contributed by atoms with Crippen molar-refractivity contribution < 1.29 is 19.3 Å². The van der Waals surface area contributed by atoms with Crippen molar-refractivity contribution in [2.24, 2.45) is 0 Å². The molecule has 1 N–H and O–H groups in total. The van der Waals surface area contributed by atoms with Gasteiger partial charge in [0.2, 0.25) is 0 Å². The first-order chi connectivity index (χ1) is 9.03. The van der Waals surface area contributed by atoms with Gasteiger partial charge in [0.15, 0.2) is 0 Å². The lowest BCUT2D eigenvalue weighted by Gasteiger charge is -2.35. The Morgan fingerprint density at radius 3 is 2.95 bits per heavy atom. The van der Waals surface area contributed by atoms with Gasteiger partial charge in [-0.3, -0.25) is 0 Å². The predicted octanol–water partition coefficient (Wildman–Crippen LogP) is 2.45. The summed E-state index contributed by atoms with van der Waals surface area (Å²) >= 11 is 0. The van der Waals surface area contributed by atoms with Gasteiger partial charge in [0.25, 0.3) is 0 Å². The molecule has 4 nitrogen and oxygen atoms in total. The Kier molecular flexibility index (Phi) is 3.15. The van der Waals surface area contributed by atoms with Crippen LogP contribution in [0.25, 0.3) is 0 Å². The van der Waals surface area contributed by atoms with Gasteiger partial charge in [-0.05, 0) is 26.0 Å². The van der Waals surface area contributed by atoms with E-state index in [1.54, 1.807) is 0 Å². The van der Waals surface area contributed by atoms with Crippen LogP contribution in [0.4, 0.5) is 0 Å². The van der Waals surface area contributed by atoms with E-state index in [4.69, 9.17) is 14.2 Å². The van der Waals surface area contributed by atoms with Crippen LogP contribution in [0.3, 0.4) is 0 Å². The molecule has 1 fully saturated rings. The molecule has 2 atom stereocenters. The highest BCUT2D eigenvalue weighted by atomic mass is 16.5. The molecule has 2 aliphatic heterocycles. The summed E-state index contributed by atoms with van der Waals surface area (Å²) in [7, 11) is 0. The molecule has 0 aliphatic carbocycles. The predicted molar refractivity (Wildman–Crippen MR) is 70.6 cm³/mol. The number of hydrogen-bond donors (Lipinski definition) is 1. The maximum absolute atomic E-state index is 10.1. The van der Waals surface area contributed by atoms with Crippen LogP contribution in [0.1, 0.15) is 38.4 Å². The summed E-state index contributed by atoms with van der Waals surface area (Å²) in [6.45, 7) is 5.37. The fourth-order valence-corrected chi connectivity index (χ4v) is 2.66. The van der Waals surface area contributed by atoms with Crippen LogP contribution in [0.5, 0.6) is 11.5 Å². The number of fused-ring (bicyclic) bond motifs is 1. The minimum Gasteiger partial charge on any atom is -0.488 e. The molecule has 0 spiro atoms. The normalized spacial score (nSPS) is 28.6. The zero-order valence-corrected chi connectivity index (χ0v) is 11.4. The molecule has 19 heavy (non-hydrogen) atoms. The average molecular weight is 264 g/mol. The first kappa shape index (κ1) is 12.8. The molecule has 1 aromatic carbocycles. The second kappa shape index (κ2) is 4.69. The van der Waals surface area contributed by atoms with E-state index in [-0.39, 0.29) is 11.7 Å². The van der Waals surface area contributed by atoms with Gasteiger partial charge >= 0.3 is 0 Å². The summed E-state index contributed by atoms with van der Waals surface area (Å²) in [5.41, 5.74) is 0.496. The summed E-state index contributed by atoms with van der Waals surface area (Å²) in [4.78, 5) is 0. The number of aliphatic hydroxyl groups excluding tert-OH is 1. The molecule has 0 radical (unpaired) electrons. The Hall–Kier alpha value is -1.26. The van der Waals surface area contributed by atoms with E-state index in [2.05, 4.69) is 0 Å². The Balaban J connectivity index is 1.82. The van der Waals surface area contributed by atoms with Crippen molar-refractivity contribution in [2.75, 3.05) is 13.2 Å². The van der Waals surface area contributed by atoms with Gasteiger partial charge in [0.1, 0.15) is 23.2 Å². The first-order valence-corrected chi connectivity index (χ1v) is 6.79. The standard InChI is InChI=1S/C15H20O4/c1-15(2)8-13(16)12-4-3-10(7-14(12)19-15)18-11-5-6-17-9-11/h3-4,7,11,13,16H,5-6,8-9H2,1-2H3. The van der Waals surface area contributed by atoms with Crippen molar-refractivity contribution in [3.63, 3.8) is 0 Å². The van der Waals surface area contributed by atoms with Crippen LogP contribution in [-0.4, -0.2) is 30.0 Å². The summed E-state index contributed by atoms with van der Waals surface area (Å²) in [6.07, 6.45) is 1.19. The largest absolute Gasteiger partial charge is 0.488 e. The molecule has 2 unspecified atom stereocenters. The molecule has 2 aliphatic rings. The lowest BCUT2D eigenvalue weighted by Crippen LogP contribution is -2.34. The van der Waals surface area contributed by atoms with Crippen molar-refractivity contribution in [1.82, 2.24) is 0 Å². The smallest absolute Gasteiger partial charge is 0.129 e. The molecule has 104 valence electrons. The quantitative estimate of drug-likeness (QED) is 0.891. The van der Waals surface area contributed by atoms with Crippen LogP contribution < -0.4 is 9.47 Å². The Morgan fingerprint density at radius 2 is 2.21 bits per heavy atom. The fourth-order valence-electron chi connectivity index (χ4n) is 2.66. The lowest BCUT2D eigenvalue weighted by molar-refractivity contribution is 0.0112. The monoisotopic (exact) mass is 264 g/mol. The third-order valence-corrected chi connectivity index (χ3v) is 3.61. The van der Waals surface area contributed by atoms with Crippen molar-refractivity contribution in [1.29, 1.82) is 0 Å². The molecule has 0 bridgehead atoms. The molecule has 0 aromatic heterocycles. The molecule has 0 saturated carbocycles. The van der Waals surface area contributed by atoms with Gasteiger partial charge < -0.3 is 19.3 Å². The highest BCUT2D eigenvalue weighted by molar-refractivity contribution is 5.44. The summed E-state index contributed by atoms with van der Waals surface area (Å²) < 4.78 is 17.1. The van der Waals surface area contributed by atoms with Crippen LogP contribution in [0, 0.1) is 0 Å². The molecular formula is C15H20O4. The zero-order chi connectivity index (χ0) is 13.5. The molecule has 2 heterocycles. The van der Waals surface area contributed by atoms with Gasteiger partial charge in [-0.15, -0.1) is 0 Å². The van der Waals surface area contributed by atoms with Crippen molar-refractivity contribution >= 4 is 0 Å². The molecule has 0 amide bonds. The van der Waals surface area contributed by atoms with Crippen molar-refractivity contribution in [3.8, 4) is 11.5 Å². The van der Waals surface area contributed by atoms with E-state index in [0.29, 0.717) is 13.0 Å². The molecular weight excluding hydrogens is 244 g/mol. The van der Waals surface area contributed by atoms with Crippen LogP contribution >= 0.6 is 0 Å². The molecule has 3 rings (SSSR count). The fraction of sp³-hybridized carbons (Fsp3) is 0.600. The van der Waals surface area contributed by atoms with Crippen LogP contribution in [-0.2, 0) is 4.74 Å². The minimum atomic E-state index is -0.470. The van der Waals surface area contributed by atoms with E-state index < -0.39 is 6.10 Å². The molecule has 1 aromatic rings. The SMILES string of the molecule is CC1(C)CC(O)c2ccc(OC3CCOC3)cc2O1. The van der Waals surface area contributed by atoms with E-state index in [0.717, 1.165) is 30.1 Å². The topological polar surface area (TPSA) is 47.9 Å². The summed E-state index contributed by atoms with van der Waals surface area (Å²) in [5.74, 6) is 1.50. The Morgan fingerprint density at radius 1 is 1.37 bits per heavy atom. The average Bonchev–Trinajstić information content (AvgIpc) is 2.79. The van der Waals surface area contributed by atoms with Gasteiger partial charge in [0, 0.05) is 24.5 Å². The van der Waals surface area contributed by atoms with E-state index in [1.807, 2.05) is 32.0 Å². The van der Waals surface area contributed by atoms with Gasteiger partial charge in [0.05, 0.1) is 19.3 Å². The Labute approximate surface area is 113 Å². The summed E-state index contributed by atoms with van der Waals surface area (Å²) in [5, 5.41) is 10.1. The van der Waals surface area contributed by atoms with E-state index in [9.17, 15) is 5.11 Å². The lowest BCUT2D eigenvalue weighted by atomic mass is 9.92. The molecule has 4 heteroatoms. The van der Waals surface area contributed by atoms with Crippen LogP contribution in [0.2, 0.25) is 0 Å². The highest BCUT2D eigenvalue weighted by Crippen LogP contribution is 2.41. The van der Waals surface area contributed by atoms with Crippen LogP contribution in [0.15, 0.2) is 18.2 Å². The first-order valence-electron chi connectivity index (χ1n) is 6.79. The zero-order valence-electron chi connectivity index (χ0n) is 11.4. The van der Waals surface area contributed by atoms with Gasteiger partial charge in [-0.25, -0.2) is 0 Å². The third-order valence-electron chi connectivity index (χ3n) is 3.61. The second-order valence-electron chi connectivity index (χ2n) is 5.88. The summed E-state index contributed by atoms with van der Waals surface area (Å²) in [6, 6.07) is 5.65. The Bertz CT molecular complexity index is 463. The second-order valence-corrected chi connectivity index (χ2v) is 5.88. The number of aliphatic hydroxyl groups is 1. The third kappa shape index (κ3) is 2.69. The number of hydrogen-bond acceptors (Lipinski definition) is 4. The van der Waals surface area contributed by atoms with Gasteiger partial charge in [-0.1, -0.05) is 0 Å². The number of benzene rings is 1. The minimum absolute atomic E-state index is 0.125.